The van der Waals surface area contributed by atoms with Gasteiger partial charge in [-0.2, -0.15) is 5.21 Å². The molecule has 0 saturated heterocycles. The number of carbonyl (C=O) groups excluding carboxylic acids is 1. The average molecular weight is 635 g/mol. The number of hydrogen-bond donors (Lipinski definition) is 1. The van der Waals surface area contributed by atoms with Gasteiger partial charge in [0.1, 0.15) is 0 Å². The molecule has 0 saturated carbocycles. The molecule has 0 radical (unpaired) electrons. The van der Waals surface area contributed by atoms with E-state index in [-0.39, 0.29) is 30.2 Å². The summed E-state index contributed by atoms with van der Waals surface area (Å²) in [5.41, 5.74) is 7.41. The van der Waals surface area contributed by atoms with Crippen LogP contribution in [0.4, 0.5) is 0 Å². The smallest absolute Gasteiger partial charge is 0.338 e. The van der Waals surface area contributed by atoms with Crippen molar-refractivity contribution in [3.63, 3.8) is 0 Å². The number of H-pyrrole nitrogens is 1. The van der Waals surface area contributed by atoms with E-state index in [2.05, 4.69) is 69.5 Å². The number of nitrogens with zero attached hydrogens (tertiary/aromatic N) is 5. The molecule has 2 atom stereocenters. The molecule has 2 aromatic heterocycles. The van der Waals surface area contributed by atoms with E-state index in [1.54, 1.807) is 13.0 Å². The van der Waals surface area contributed by atoms with E-state index in [1.165, 1.54) is 0 Å². The van der Waals surface area contributed by atoms with Crippen LogP contribution in [0.2, 0.25) is 0 Å². The van der Waals surface area contributed by atoms with Gasteiger partial charge in [0.15, 0.2) is 0 Å². The molecule has 1 N–H and O–H groups in total. The summed E-state index contributed by atoms with van der Waals surface area (Å²) in [6.45, 7) is 7.16. The topological polar surface area (TPSA) is 117 Å². The first kappa shape index (κ1) is 32.1. The van der Waals surface area contributed by atoms with Crippen LogP contribution in [-0.2, 0) is 28.9 Å². The van der Waals surface area contributed by atoms with Gasteiger partial charge in [0.25, 0.3) is 5.56 Å². The average Bonchev–Trinajstić information content (AvgIpc) is 3.73. The summed E-state index contributed by atoms with van der Waals surface area (Å²) in [7, 11) is 0. The second-order valence-electron chi connectivity index (χ2n) is 12.2. The molecule has 0 spiro atoms. The SMILES string of the molecule is CCCCc1c(Cc2ccc(-c3ccccc3-c3nn[nH]n3)cc2)c(=O)n2n1C(C)CCC2COCc1ccccc1C(=O)OCC. The molecule has 10 heteroatoms. The standard InChI is InChI=1S/C37H42N6O4/c1-4-6-15-34-33(22-26-17-19-27(20-18-26)30-12-9-10-14-32(30)35-38-40-41-39-35)36(44)43-29(21-16-25(3)42(34)43)24-46-23-28-11-7-8-13-31(28)37(45)47-5-2/h7-14,17-20,25,29H,4-6,15-16,21-24H2,1-3H3,(H,38,39,40,41). The van der Waals surface area contributed by atoms with Crippen LogP contribution in [0, 0.1) is 0 Å². The summed E-state index contributed by atoms with van der Waals surface area (Å²) < 4.78 is 15.7. The lowest BCUT2D eigenvalue weighted by atomic mass is 9.96. The highest BCUT2D eigenvalue weighted by Crippen LogP contribution is 2.33. The summed E-state index contributed by atoms with van der Waals surface area (Å²) in [4.78, 5) is 26.7. The van der Waals surface area contributed by atoms with Crippen LogP contribution in [-0.4, -0.2) is 49.2 Å². The number of rotatable bonds is 13. The van der Waals surface area contributed by atoms with Crippen LogP contribution < -0.4 is 5.56 Å². The van der Waals surface area contributed by atoms with E-state index in [0.29, 0.717) is 31.0 Å². The Labute approximate surface area is 274 Å². The number of tetrazole rings is 1. The number of aromatic nitrogens is 6. The maximum atomic E-state index is 14.3. The molecule has 47 heavy (non-hydrogen) atoms. The minimum Gasteiger partial charge on any atom is -0.462 e. The Morgan fingerprint density at radius 3 is 2.47 bits per heavy atom. The van der Waals surface area contributed by atoms with Crippen molar-refractivity contribution in [2.75, 3.05) is 13.2 Å². The molecular weight excluding hydrogens is 592 g/mol. The molecule has 0 bridgehead atoms. The Balaban J connectivity index is 1.25. The van der Waals surface area contributed by atoms with E-state index >= 15 is 0 Å². The van der Waals surface area contributed by atoms with Gasteiger partial charge in [-0.05, 0) is 73.1 Å². The van der Waals surface area contributed by atoms with Crippen molar-refractivity contribution in [1.29, 1.82) is 0 Å². The second kappa shape index (κ2) is 14.7. The summed E-state index contributed by atoms with van der Waals surface area (Å²) in [5.74, 6) is 0.200. The van der Waals surface area contributed by atoms with Gasteiger partial charge in [0.2, 0.25) is 5.82 Å². The maximum absolute atomic E-state index is 14.3. The quantitative estimate of drug-likeness (QED) is 0.143. The third kappa shape index (κ3) is 6.83. The number of ether oxygens (including phenoxy) is 2. The molecule has 1 aliphatic heterocycles. The summed E-state index contributed by atoms with van der Waals surface area (Å²) >= 11 is 0. The van der Waals surface area contributed by atoms with Crippen molar-refractivity contribution in [3.8, 4) is 22.5 Å². The Morgan fingerprint density at radius 1 is 0.957 bits per heavy atom. The molecule has 6 rings (SSSR count). The lowest BCUT2D eigenvalue weighted by Crippen LogP contribution is -2.36. The van der Waals surface area contributed by atoms with E-state index in [0.717, 1.165) is 71.2 Å². The van der Waals surface area contributed by atoms with Crippen LogP contribution in [0.15, 0.2) is 77.6 Å². The van der Waals surface area contributed by atoms with Crippen LogP contribution in [0.5, 0.6) is 0 Å². The molecule has 244 valence electrons. The number of nitrogens with one attached hydrogen (secondary N) is 1. The van der Waals surface area contributed by atoms with Crippen LogP contribution in [0.3, 0.4) is 0 Å². The van der Waals surface area contributed by atoms with Crippen LogP contribution in [0.1, 0.15) is 91.3 Å². The Hall–Kier alpha value is -4.83. The highest BCUT2D eigenvalue weighted by atomic mass is 16.5. The zero-order valence-electron chi connectivity index (χ0n) is 27.3. The molecule has 0 aliphatic carbocycles. The highest BCUT2D eigenvalue weighted by Gasteiger charge is 2.31. The minimum atomic E-state index is -0.349. The summed E-state index contributed by atoms with van der Waals surface area (Å²) in [6, 6.07) is 23.9. The van der Waals surface area contributed by atoms with E-state index < -0.39 is 0 Å². The second-order valence-corrected chi connectivity index (χ2v) is 12.2. The van der Waals surface area contributed by atoms with Crippen LogP contribution >= 0.6 is 0 Å². The zero-order valence-corrected chi connectivity index (χ0v) is 27.3. The fourth-order valence-corrected chi connectivity index (χ4v) is 6.64. The Morgan fingerprint density at radius 2 is 1.72 bits per heavy atom. The molecule has 3 aromatic carbocycles. The lowest BCUT2D eigenvalue weighted by Gasteiger charge is -2.32. The molecule has 2 unspecified atom stereocenters. The van der Waals surface area contributed by atoms with Gasteiger partial charge in [-0.3, -0.25) is 9.48 Å². The fourth-order valence-electron chi connectivity index (χ4n) is 6.64. The van der Waals surface area contributed by atoms with Gasteiger partial charge >= 0.3 is 5.97 Å². The first-order valence-corrected chi connectivity index (χ1v) is 16.6. The first-order valence-electron chi connectivity index (χ1n) is 16.6. The van der Waals surface area contributed by atoms with E-state index in [9.17, 15) is 9.59 Å². The predicted molar refractivity (Wildman–Crippen MR) is 180 cm³/mol. The Bertz CT molecular complexity index is 1860. The third-order valence-electron chi connectivity index (χ3n) is 9.01. The molecule has 5 aromatic rings. The molecule has 3 heterocycles. The van der Waals surface area contributed by atoms with Crippen molar-refractivity contribution in [1.82, 2.24) is 30.0 Å². The third-order valence-corrected chi connectivity index (χ3v) is 9.01. The zero-order chi connectivity index (χ0) is 32.8. The van der Waals surface area contributed by atoms with Crippen LogP contribution in [0.25, 0.3) is 22.5 Å². The first-order chi connectivity index (χ1) is 23.0. The molecule has 10 nitrogen and oxygen atoms in total. The van der Waals surface area contributed by atoms with Gasteiger partial charge in [-0.1, -0.05) is 80.1 Å². The number of fused-ring (bicyclic) bond motifs is 1. The molecule has 0 fully saturated rings. The molecule has 0 amide bonds. The highest BCUT2D eigenvalue weighted by molar-refractivity contribution is 5.91. The van der Waals surface area contributed by atoms with Crippen molar-refractivity contribution in [3.05, 3.63) is 111 Å². The van der Waals surface area contributed by atoms with Crippen molar-refractivity contribution in [2.24, 2.45) is 0 Å². The van der Waals surface area contributed by atoms with Crippen molar-refractivity contribution < 1.29 is 14.3 Å². The van der Waals surface area contributed by atoms with Gasteiger partial charge in [0.05, 0.1) is 31.4 Å². The summed E-state index contributed by atoms with van der Waals surface area (Å²) in [5, 5.41) is 14.6. The Kier molecular flexibility index (Phi) is 10.1. The predicted octanol–water partition coefficient (Wildman–Crippen LogP) is 6.72. The van der Waals surface area contributed by atoms with Crippen molar-refractivity contribution in [2.45, 2.75) is 78.0 Å². The number of carbonyl (C=O) groups is 1. The minimum absolute atomic E-state index is 0.0645. The molecular formula is C37H42N6O4. The van der Waals surface area contributed by atoms with Gasteiger partial charge in [-0.25, -0.2) is 9.48 Å². The van der Waals surface area contributed by atoms with Gasteiger partial charge in [-0.15, -0.1) is 10.2 Å². The van der Waals surface area contributed by atoms with E-state index in [1.807, 2.05) is 41.1 Å². The van der Waals surface area contributed by atoms with Gasteiger partial charge in [0, 0.05) is 29.3 Å². The number of unbranched alkanes of at least 4 members (excludes halogenated alkanes) is 1. The largest absolute Gasteiger partial charge is 0.462 e. The number of aromatic amines is 1. The monoisotopic (exact) mass is 634 g/mol. The number of hydrogen-bond acceptors (Lipinski definition) is 7. The summed E-state index contributed by atoms with van der Waals surface area (Å²) in [6.07, 6.45) is 5.30. The van der Waals surface area contributed by atoms with Crippen molar-refractivity contribution >= 4 is 5.97 Å². The number of benzene rings is 3. The fraction of sp³-hybridized carbons (Fsp3) is 0.378. The lowest BCUT2D eigenvalue weighted by molar-refractivity contribution is 0.0496. The van der Waals surface area contributed by atoms with Gasteiger partial charge < -0.3 is 9.47 Å². The molecule has 1 aliphatic rings. The maximum Gasteiger partial charge on any atom is 0.338 e. The van der Waals surface area contributed by atoms with E-state index in [4.69, 9.17) is 9.47 Å². The number of esters is 1. The normalized spacial score (nSPS) is 15.8.